The Morgan fingerprint density at radius 2 is 2.00 bits per heavy atom. The number of nitrogens with two attached hydrogens (primary N) is 1. The number of rotatable bonds is 11. The average molecular weight is 455 g/mol. The summed E-state index contributed by atoms with van der Waals surface area (Å²) >= 11 is 12.0. The van der Waals surface area contributed by atoms with Gasteiger partial charge in [0.1, 0.15) is 11.5 Å². The van der Waals surface area contributed by atoms with E-state index in [0.29, 0.717) is 47.6 Å². The van der Waals surface area contributed by atoms with Gasteiger partial charge in [-0.25, -0.2) is 0 Å². The Balaban J connectivity index is 2.72. The maximum absolute atomic E-state index is 12.7. The second kappa shape index (κ2) is 13.7. The first-order valence-electron chi connectivity index (χ1n) is 9.56. The third-order valence-corrected chi connectivity index (χ3v) is 4.70. The molecule has 0 aromatic heterocycles. The van der Waals surface area contributed by atoms with Gasteiger partial charge in [-0.15, -0.1) is 0 Å². The molecule has 0 bridgehead atoms. The summed E-state index contributed by atoms with van der Waals surface area (Å²) in [6.45, 7) is 6.32. The van der Waals surface area contributed by atoms with Crippen LogP contribution >= 0.6 is 23.2 Å². The van der Waals surface area contributed by atoms with Crippen molar-refractivity contribution in [1.82, 2.24) is 10.6 Å². The number of esters is 1. The van der Waals surface area contributed by atoms with Crippen LogP contribution in [0.3, 0.4) is 0 Å². The van der Waals surface area contributed by atoms with Gasteiger partial charge in [0.15, 0.2) is 0 Å². The molecule has 0 aliphatic carbocycles. The van der Waals surface area contributed by atoms with Crippen LogP contribution in [0.15, 0.2) is 46.9 Å². The molecule has 4 N–H and O–H groups in total. The van der Waals surface area contributed by atoms with Crippen LogP contribution in [-0.4, -0.2) is 30.7 Å². The summed E-state index contributed by atoms with van der Waals surface area (Å²) in [5, 5.41) is 6.85. The molecule has 0 radical (unpaired) electrons. The van der Waals surface area contributed by atoms with Gasteiger partial charge in [-0.1, -0.05) is 29.3 Å². The molecule has 1 aromatic carbocycles. The quantitative estimate of drug-likeness (QED) is 0.268. The molecule has 7 nitrogen and oxygen atoms in total. The van der Waals surface area contributed by atoms with E-state index in [1.807, 2.05) is 6.07 Å². The van der Waals surface area contributed by atoms with E-state index >= 15 is 0 Å². The van der Waals surface area contributed by atoms with Crippen molar-refractivity contribution >= 4 is 40.8 Å². The van der Waals surface area contributed by atoms with Crippen molar-refractivity contribution in [3.8, 4) is 0 Å². The number of benzene rings is 1. The van der Waals surface area contributed by atoms with E-state index in [4.69, 9.17) is 33.7 Å². The average Bonchev–Trinajstić information content (AvgIpc) is 2.72. The van der Waals surface area contributed by atoms with Crippen molar-refractivity contribution in [3.63, 3.8) is 0 Å². The van der Waals surface area contributed by atoms with E-state index in [1.54, 1.807) is 39.0 Å². The van der Waals surface area contributed by atoms with Crippen molar-refractivity contribution in [3.05, 3.63) is 57.5 Å². The summed E-state index contributed by atoms with van der Waals surface area (Å²) in [6, 6.07) is 5.31. The monoisotopic (exact) mass is 454 g/mol. The van der Waals surface area contributed by atoms with Crippen LogP contribution in [0.4, 0.5) is 0 Å². The number of amides is 1. The van der Waals surface area contributed by atoms with Gasteiger partial charge in [-0.2, -0.15) is 0 Å². The van der Waals surface area contributed by atoms with Crippen molar-refractivity contribution in [1.29, 1.82) is 0 Å². The molecule has 30 heavy (non-hydrogen) atoms. The Labute approximate surface area is 187 Å². The summed E-state index contributed by atoms with van der Waals surface area (Å²) in [4.78, 5) is 28.4. The van der Waals surface area contributed by atoms with Gasteiger partial charge in [0, 0.05) is 19.5 Å². The second-order valence-electron chi connectivity index (χ2n) is 6.25. The molecule has 1 aromatic rings. The van der Waals surface area contributed by atoms with Gasteiger partial charge in [0.25, 0.3) is 5.91 Å². The number of nitrogens with one attached hydrogen (secondary N) is 2. The number of aliphatic imine (C=N–C) groups is 1. The Kier molecular flexibility index (Phi) is 11.6. The highest BCUT2D eigenvalue weighted by atomic mass is 35.5. The highest BCUT2D eigenvalue weighted by Crippen LogP contribution is 2.22. The molecular weight excluding hydrogens is 427 g/mol. The Bertz CT molecular complexity index is 836. The van der Waals surface area contributed by atoms with Crippen LogP contribution in [0, 0.1) is 0 Å². The normalized spacial score (nSPS) is 12.5. The van der Waals surface area contributed by atoms with Crippen LogP contribution in [0.1, 0.15) is 39.2 Å². The number of nitrogens with zero attached hydrogens (tertiary/aromatic N) is 1. The largest absolute Gasteiger partial charge is 0.466 e. The standard InChI is InChI=1S/C21H28Cl2N4O3/c1-4-18(26-13-15-8-9-16(22)17(23)11-15)27-21(29)20(14(3)12-24)25-10-6-7-19(28)30-5-2/h4,8-9,11-12,26H,5-7,10,13,24H2,1-3H3,(H,27,29)/b14-12?,18-4+,25-20?. The van der Waals surface area contributed by atoms with Crippen LogP contribution in [0.25, 0.3) is 0 Å². The van der Waals surface area contributed by atoms with E-state index in [1.165, 1.54) is 6.20 Å². The lowest BCUT2D eigenvalue weighted by molar-refractivity contribution is -0.143. The maximum atomic E-state index is 12.7. The Morgan fingerprint density at radius 3 is 2.60 bits per heavy atom. The lowest BCUT2D eigenvalue weighted by Crippen LogP contribution is -2.36. The number of carbonyl (C=O) groups excluding carboxylic acids is 2. The minimum Gasteiger partial charge on any atom is -0.466 e. The van der Waals surface area contributed by atoms with Gasteiger partial charge in [0.2, 0.25) is 0 Å². The summed E-state index contributed by atoms with van der Waals surface area (Å²) < 4.78 is 4.88. The van der Waals surface area contributed by atoms with Crippen molar-refractivity contribution in [2.75, 3.05) is 13.2 Å². The lowest BCUT2D eigenvalue weighted by Gasteiger charge is -2.14. The maximum Gasteiger partial charge on any atom is 0.305 e. The summed E-state index contributed by atoms with van der Waals surface area (Å²) in [6.07, 6.45) is 3.76. The fourth-order valence-corrected chi connectivity index (χ4v) is 2.67. The summed E-state index contributed by atoms with van der Waals surface area (Å²) in [5.74, 6) is -0.178. The number of hydrogen-bond donors (Lipinski definition) is 3. The molecule has 0 aliphatic rings. The van der Waals surface area contributed by atoms with Crippen molar-refractivity contribution < 1.29 is 14.3 Å². The molecule has 0 spiro atoms. The number of halogens is 2. The Hall–Kier alpha value is -2.51. The lowest BCUT2D eigenvalue weighted by atomic mass is 10.1. The van der Waals surface area contributed by atoms with Crippen LogP contribution in [0.2, 0.25) is 10.0 Å². The first-order chi connectivity index (χ1) is 14.3. The fraction of sp³-hybridized carbons (Fsp3) is 0.381. The number of hydrogen-bond acceptors (Lipinski definition) is 6. The fourth-order valence-electron chi connectivity index (χ4n) is 2.35. The first kappa shape index (κ1) is 25.5. The van der Waals surface area contributed by atoms with Gasteiger partial charge in [-0.3, -0.25) is 14.6 Å². The van der Waals surface area contributed by atoms with Gasteiger partial charge >= 0.3 is 5.97 Å². The van der Waals surface area contributed by atoms with Gasteiger partial charge in [0.05, 0.1) is 16.7 Å². The molecule has 1 rings (SSSR count). The highest BCUT2D eigenvalue weighted by Gasteiger charge is 2.15. The zero-order valence-electron chi connectivity index (χ0n) is 17.4. The second-order valence-corrected chi connectivity index (χ2v) is 7.06. The van der Waals surface area contributed by atoms with Crippen molar-refractivity contribution in [2.24, 2.45) is 10.7 Å². The molecule has 9 heteroatoms. The molecule has 0 saturated heterocycles. The minimum absolute atomic E-state index is 0.206. The molecule has 164 valence electrons. The number of allylic oxidation sites excluding steroid dienone is 1. The molecule has 0 aliphatic heterocycles. The molecule has 0 fully saturated rings. The zero-order valence-corrected chi connectivity index (χ0v) is 18.9. The zero-order chi connectivity index (χ0) is 22.5. The SMILES string of the molecule is C/C=C(\NCc1ccc(Cl)c(Cl)c1)NC(=O)C(=NCCCC(=O)OCC)C(C)=CN. The smallest absolute Gasteiger partial charge is 0.305 e. The molecule has 0 unspecified atom stereocenters. The third kappa shape index (κ3) is 8.88. The van der Waals surface area contributed by atoms with E-state index in [9.17, 15) is 9.59 Å². The van der Waals surface area contributed by atoms with Crippen molar-refractivity contribution in [2.45, 2.75) is 40.2 Å². The predicted molar refractivity (Wildman–Crippen MR) is 121 cm³/mol. The van der Waals surface area contributed by atoms with Crippen LogP contribution in [0.5, 0.6) is 0 Å². The van der Waals surface area contributed by atoms with Crippen LogP contribution in [-0.2, 0) is 20.9 Å². The number of carbonyl (C=O) groups is 2. The minimum atomic E-state index is -0.403. The number of ether oxygens (including phenoxy) is 1. The van der Waals surface area contributed by atoms with Gasteiger partial charge < -0.3 is 21.1 Å². The summed E-state index contributed by atoms with van der Waals surface area (Å²) in [5.41, 5.74) is 7.22. The first-order valence-corrected chi connectivity index (χ1v) is 10.3. The third-order valence-electron chi connectivity index (χ3n) is 3.96. The van der Waals surface area contributed by atoms with E-state index in [-0.39, 0.29) is 18.1 Å². The van der Waals surface area contributed by atoms with E-state index < -0.39 is 5.91 Å². The summed E-state index contributed by atoms with van der Waals surface area (Å²) in [7, 11) is 0. The van der Waals surface area contributed by atoms with Crippen LogP contribution < -0.4 is 16.4 Å². The molecule has 0 heterocycles. The topological polar surface area (TPSA) is 106 Å². The molecule has 1 amide bonds. The van der Waals surface area contributed by atoms with Gasteiger partial charge in [-0.05, 0) is 62.7 Å². The Morgan fingerprint density at radius 1 is 1.27 bits per heavy atom. The molecule has 0 saturated carbocycles. The predicted octanol–water partition coefficient (Wildman–Crippen LogP) is 3.71. The molecule has 0 atom stereocenters. The van der Waals surface area contributed by atoms with E-state index in [2.05, 4.69) is 15.6 Å². The van der Waals surface area contributed by atoms with E-state index in [0.717, 1.165) is 5.56 Å². The highest BCUT2D eigenvalue weighted by molar-refractivity contribution is 6.45. The molecular formula is C21H28Cl2N4O3.